The Kier molecular flexibility index (Phi) is 2.78. The number of hydrogen-bond donors (Lipinski definition) is 0. The highest BCUT2D eigenvalue weighted by Gasteiger charge is 2.35. The number of ketones is 2. The lowest BCUT2D eigenvalue weighted by molar-refractivity contribution is 0.0809. The minimum Gasteiger partial charge on any atom is -0.325 e. The van der Waals surface area contributed by atoms with E-state index in [1.54, 1.807) is 4.57 Å². The van der Waals surface area contributed by atoms with Gasteiger partial charge in [0.05, 0.1) is 0 Å². The van der Waals surface area contributed by atoms with Gasteiger partial charge in [-0.05, 0) is 25.1 Å². The quantitative estimate of drug-likeness (QED) is 0.790. The van der Waals surface area contributed by atoms with Crippen molar-refractivity contribution in [3.8, 4) is 11.3 Å². The number of carbonyl (C=O) groups excluding carboxylic acids is 2. The Morgan fingerprint density at radius 3 is 2.55 bits per heavy atom. The van der Waals surface area contributed by atoms with Gasteiger partial charge in [-0.2, -0.15) is 0 Å². The summed E-state index contributed by atoms with van der Waals surface area (Å²) >= 11 is 0. The highest BCUT2D eigenvalue weighted by atomic mass is 19.1. The number of benzene rings is 1. The Balaban J connectivity index is 2.37. The Hall–Kier alpha value is -2.30. The summed E-state index contributed by atoms with van der Waals surface area (Å²) in [5, 5.41) is 0. The molecule has 5 heteroatoms. The van der Waals surface area contributed by atoms with Gasteiger partial charge in [-0.25, -0.2) is 9.37 Å². The van der Waals surface area contributed by atoms with Gasteiger partial charge in [-0.15, -0.1) is 0 Å². The number of imidazole rings is 1. The van der Waals surface area contributed by atoms with Gasteiger partial charge in [0.2, 0.25) is 5.78 Å². The minimum atomic E-state index is -0.663. The maximum Gasteiger partial charge on any atom is 0.252 e. The van der Waals surface area contributed by atoms with Crippen LogP contribution >= 0.6 is 0 Å². The number of nitrogens with zero attached hydrogens (tertiary/aromatic N) is 2. The van der Waals surface area contributed by atoms with Crippen LogP contribution in [0.2, 0.25) is 0 Å². The molecule has 0 aliphatic heterocycles. The molecule has 0 N–H and O–H groups in total. The lowest BCUT2D eigenvalue weighted by atomic mass is 9.90. The molecule has 0 radical (unpaired) electrons. The molecule has 4 nitrogen and oxygen atoms in total. The van der Waals surface area contributed by atoms with Gasteiger partial charge in [0, 0.05) is 24.1 Å². The summed E-state index contributed by atoms with van der Waals surface area (Å²) in [4.78, 5) is 28.9. The monoisotopic (exact) mass is 272 g/mol. The Morgan fingerprint density at radius 2 is 1.90 bits per heavy atom. The largest absolute Gasteiger partial charge is 0.325 e. The van der Waals surface area contributed by atoms with Crippen LogP contribution in [0.4, 0.5) is 4.39 Å². The van der Waals surface area contributed by atoms with Gasteiger partial charge >= 0.3 is 0 Å². The number of aryl methyl sites for hydroxylation is 1. The van der Waals surface area contributed by atoms with E-state index in [0.29, 0.717) is 29.9 Å². The van der Waals surface area contributed by atoms with Gasteiger partial charge in [0.1, 0.15) is 23.0 Å². The van der Waals surface area contributed by atoms with Gasteiger partial charge in [0.15, 0.2) is 0 Å². The van der Waals surface area contributed by atoms with Gasteiger partial charge < -0.3 is 4.57 Å². The molecule has 0 saturated heterocycles. The zero-order valence-corrected chi connectivity index (χ0v) is 11.2. The smallest absolute Gasteiger partial charge is 0.252 e. The van der Waals surface area contributed by atoms with Crippen molar-refractivity contribution in [2.24, 2.45) is 0 Å². The summed E-state index contributed by atoms with van der Waals surface area (Å²) in [6, 6.07) is 3.90. The van der Waals surface area contributed by atoms with E-state index in [4.69, 9.17) is 0 Å². The molecule has 1 aromatic heterocycles. The second-order valence-electron chi connectivity index (χ2n) is 4.67. The molecule has 0 amide bonds. The van der Waals surface area contributed by atoms with E-state index in [0.717, 1.165) is 11.9 Å². The first-order valence-electron chi connectivity index (χ1n) is 6.56. The molecule has 3 rings (SSSR count). The normalized spacial score (nSPS) is 13.3. The minimum absolute atomic E-state index is 0.103. The van der Waals surface area contributed by atoms with Crippen molar-refractivity contribution < 1.29 is 14.0 Å². The molecule has 2 aromatic rings. The average molecular weight is 272 g/mol. The van der Waals surface area contributed by atoms with Crippen molar-refractivity contribution in [3.05, 3.63) is 41.1 Å². The van der Waals surface area contributed by atoms with Crippen molar-refractivity contribution >= 4 is 11.6 Å². The number of halogens is 1. The lowest BCUT2D eigenvalue weighted by Gasteiger charge is -2.15. The number of rotatable bonds is 2. The van der Waals surface area contributed by atoms with Crippen molar-refractivity contribution in [2.45, 2.75) is 26.8 Å². The predicted molar refractivity (Wildman–Crippen MR) is 71.3 cm³/mol. The number of Topliss-reactive ketones (excluding diaryl/α,β-unsaturated/α-hetero) is 2. The first-order chi connectivity index (χ1) is 9.58. The van der Waals surface area contributed by atoms with Gasteiger partial charge in [0.25, 0.3) is 5.78 Å². The molecule has 0 spiro atoms. The molecule has 102 valence electrons. The van der Waals surface area contributed by atoms with Crippen LogP contribution < -0.4 is 0 Å². The molecular formula is C15H13FN2O2. The van der Waals surface area contributed by atoms with E-state index < -0.39 is 17.4 Å². The van der Waals surface area contributed by atoms with Crippen LogP contribution in [0.25, 0.3) is 11.3 Å². The fraction of sp³-hybridized carbons (Fsp3) is 0.267. The third kappa shape index (κ3) is 1.56. The molecule has 1 aliphatic rings. The van der Waals surface area contributed by atoms with Crippen LogP contribution in [0, 0.1) is 5.82 Å². The molecular weight excluding hydrogens is 259 g/mol. The molecule has 1 aromatic carbocycles. The van der Waals surface area contributed by atoms with Crippen LogP contribution in [0.1, 0.15) is 40.5 Å². The molecule has 1 aliphatic carbocycles. The lowest BCUT2D eigenvalue weighted by Crippen LogP contribution is -2.24. The van der Waals surface area contributed by atoms with E-state index in [1.165, 1.54) is 12.1 Å². The summed E-state index contributed by atoms with van der Waals surface area (Å²) in [6.45, 7) is 4.41. The standard InChI is InChI=1S/C15H13FN2O2/c1-3-11-17-12-9-6-5-8(16)7-10(9)14(19)15(20)13(12)18(11)4-2/h5-7H,3-4H2,1-2H3. The average Bonchev–Trinajstić information content (AvgIpc) is 2.83. The van der Waals surface area contributed by atoms with Crippen molar-refractivity contribution in [1.82, 2.24) is 9.55 Å². The zero-order valence-electron chi connectivity index (χ0n) is 11.2. The number of carbonyl (C=O) groups is 2. The predicted octanol–water partition coefficient (Wildman–Crippen LogP) is 2.65. The number of hydrogen-bond acceptors (Lipinski definition) is 3. The summed E-state index contributed by atoms with van der Waals surface area (Å²) in [6.07, 6.45) is 0.666. The highest BCUT2D eigenvalue weighted by molar-refractivity contribution is 6.52. The van der Waals surface area contributed by atoms with E-state index in [-0.39, 0.29) is 5.56 Å². The van der Waals surface area contributed by atoms with Crippen LogP contribution in [0.15, 0.2) is 18.2 Å². The van der Waals surface area contributed by atoms with Gasteiger partial charge in [-0.3, -0.25) is 9.59 Å². The van der Waals surface area contributed by atoms with Crippen molar-refractivity contribution in [3.63, 3.8) is 0 Å². The molecule has 0 saturated carbocycles. The zero-order chi connectivity index (χ0) is 14.4. The molecule has 1 heterocycles. The Morgan fingerprint density at radius 1 is 1.15 bits per heavy atom. The summed E-state index contributed by atoms with van der Waals surface area (Å²) < 4.78 is 15.1. The molecule has 0 atom stereocenters. The highest BCUT2D eigenvalue weighted by Crippen LogP contribution is 2.34. The van der Waals surface area contributed by atoms with E-state index >= 15 is 0 Å². The second kappa shape index (κ2) is 4.37. The molecule has 0 fully saturated rings. The molecule has 0 unspecified atom stereocenters. The van der Waals surface area contributed by atoms with Crippen LogP contribution in [-0.4, -0.2) is 21.1 Å². The molecule has 20 heavy (non-hydrogen) atoms. The topological polar surface area (TPSA) is 52.0 Å². The van der Waals surface area contributed by atoms with Gasteiger partial charge in [-0.1, -0.05) is 6.92 Å². The van der Waals surface area contributed by atoms with Crippen LogP contribution in [0.5, 0.6) is 0 Å². The number of fused-ring (bicyclic) bond motifs is 3. The van der Waals surface area contributed by atoms with Crippen LogP contribution in [0.3, 0.4) is 0 Å². The third-order valence-corrected chi connectivity index (χ3v) is 3.58. The number of aromatic nitrogens is 2. The van der Waals surface area contributed by atoms with Crippen molar-refractivity contribution in [1.29, 1.82) is 0 Å². The Bertz CT molecular complexity index is 747. The Labute approximate surface area is 115 Å². The van der Waals surface area contributed by atoms with E-state index in [9.17, 15) is 14.0 Å². The first kappa shape index (κ1) is 12.7. The first-order valence-corrected chi connectivity index (χ1v) is 6.56. The van der Waals surface area contributed by atoms with E-state index in [2.05, 4.69) is 4.98 Å². The summed E-state index contributed by atoms with van der Waals surface area (Å²) in [5.74, 6) is -1.04. The molecule has 0 bridgehead atoms. The fourth-order valence-corrected chi connectivity index (χ4v) is 2.67. The van der Waals surface area contributed by atoms with Crippen molar-refractivity contribution in [2.75, 3.05) is 0 Å². The summed E-state index contributed by atoms with van der Waals surface area (Å²) in [7, 11) is 0. The second-order valence-corrected chi connectivity index (χ2v) is 4.67. The SMILES string of the molecule is CCc1nc2c(n1CC)C(=O)C(=O)c1cc(F)ccc1-2. The maximum atomic E-state index is 13.3. The maximum absolute atomic E-state index is 13.3. The third-order valence-electron chi connectivity index (χ3n) is 3.58. The fourth-order valence-electron chi connectivity index (χ4n) is 2.67. The summed E-state index contributed by atoms with van der Waals surface area (Å²) in [5.41, 5.74) is 1.45. The van der Waals surface area contributed by atoms with E-state index in [1.807, 2.05) is 13.8 Å². The van der Waals surface area contributed by atoms with Crippen LogP contribution in [-0.2, 0) is 13.0 Å².